The third-order valence-electron chi connectivity index (χ3n) is 6.75. The van der Waals surface area contributed by atoms with Gasteiger partial charge in [-0.3, -0.25) is 4.57 Å². The molecule has 0 saturated heterocycles. The van der Waals surface area contributed by atoms with Crippen LogP contribution in [0.5, 0.6) is 0 Å². The lowest BCUT2D eigenvalue weighted by Crippen LogP contribution is -2.08. The second-order valence-corrected chi connectivity index (χ2v) is 10.7. The molecule has 0 spiro atoms. The molecule has 0 bridgehead atoms. The minimum atomic E-state index is -0.288. The highest BCUT2D eigenvalue weighted by atomic mass is 35.5. The zero-order valence-corrected chi connectivity index (χ0v) is 22.7. The minimum absolute atomic E-state index is 0.288. The van der Waals surface area contributed by atoms with Crippen LogP contribution in [0.3, 0.4) is 0 Å². The summed E-state index contributed by atoms with van der Waals surface area (Å²) >= 11 is 25.1. The van der Waals surface area contributed by atoms with Crippen molar-refractivity contribution in [2.24, 2.45) is 0 Å². The average molecular weight is 570 g/mol. The lowest BCUT2D eigenvalue weighted by molar-refractivity contribution is 0.471. The number of hydrogen-bond acceptors (Lipinski definition) is 4. The van der Waals surface area contributed by atoms with Gasteiger partial charge in [0.25, 0.3) is 5.89 Å². The topological polar surface area (TPSA) is 56.7 Å². The first kappa shape index (κ1) is 24.5. The standard InChI is InChI=1S/C28H20Cl4N4O/c1-2-23-24(26-34-35-27(37-26)28(13-14-28)16-3-5-17(29)6-4-16)33-25(21-12-9-19(31)15-22(21)32)36(23)20-10-7-18(30)8-11-20/h3-12,15H,2,13-14H2,1H3. The summed E-state index contributed by atoms with van der Waals surface area (Å²) in [7, 11) is 0. The lowest BCUT2D eigenvalue weighted by atomic mass is 9.96. The third-order valence-corrected chi connectivity index (χ3v) is 7.80. The normalized spacial score (nSPS) is 14.2. The molecule has 1 saturated carbocycles. The van der Waals surface area contributed by atoms with Crippen molar-refractivity contribution in [2.75, 3.05) is 0 Å². The van der Waals surface area contributed by atoms with Gasteiger partial charge in [0.1, 0.15) is 11.5 Å². The van der Waals surface area contributed by atoms with E-state index in [1.54, 1.807) is 12.1 Å². The molecule has 1 aliphatic rings. The summed E-state index contributed by atoms with van der Waals surface area (Å²) in [5.74, 6) is 1.60. The summed E-state index contributed by atoms with van der Waals surface area (Å²) in [4.78, 5) is 5.00. The van der Waals surface area contributed by atoms with Crippen LogP contribution in [0.1, 0.15) is 36.9 Å². The molecule has 3 aromatic carbocycles. The fraction of sp³-hybridized carbons (Fsp3) is 0.179. The number of rotatable bonds is 6. The van der Waals surface area contributed by atoms with Crippen molar-refractivity contribution in [3.05, 3.63) is 104 Å². The maximum atomic E-state index is 6.63. The third kappa shape index (κ3) is 4.34. The van der Waals surface area contributed by atoms with E-state index in [4.69, 9.17) is 55.8 Å². The van der Waals surface area contributed by atoms with Crippen LogP contribution in [0.25, 0.3) is 28.7 Å². The minimum Gasteiger partial charge on any atom is -0.418 e. The molecule has 0 unspecified atom stereocenters. The predicted molar refractivity (Wildman–Crippen MR) is 148 cm³/mol. The van der Waals surface area contributed by atoms with E-state index in [-0.39, 0.29) is 5.41 Å². The van der Waals surface area contributed by atoms with Crippen molar-refractivity contribution in [3.8, 4) is 28.7 Å². The molecule has 0 N–H and O–H groups in total. The quantitative estimate of drug-likeness (QED) is 0.205. The summed E-state index contributed by atoms with van der Waals surface area (Å²) in [5.41, 5.74) is 3.98. The Morgan fingerprint density at radius 3 is 2.11 bits per heavy atom. The van der Waals surface area contributed by atoms with Crippen LogP contribution >= 0.6 is 46.4 Å². The Labute approximate surface area is 234 Å². The molecule has 0 amide bonds. The lowest BCUT2D eigenvalue weighted by Gasteiger charge is -2.13. The first-order valence-electron chi connectivity index (χ1n) is 11.8. The molecule has 2 aromatic heterocycles. The number of imidazole rings is 1. The number of halogens is 4. The van der Waals surface area contributed by atoms with Crippen molar-refractivity contribution in [1.29, 1.82) is 0 Å². The van der Waals surface area contributed by atoms with Crippen LogP contribution in [0.4, 0.5) is 0 Å². The summed E-state index contributed by atoms with van der Waals surface area (Å²) in [6.07, 6.45) is 2.53. The maximum absolute atomic E-state index is 6.63. The molecule has 0 radical (unpaired) electrons. The molecular formula is C28H20Cl4N4O. The Morgan fingerprint density at radius 1 is 0.838 bits per heavy atom. The van der Waals surface area contributed by atoms with Crippen molar-refractivity contribution >= 4 is 46.4 Å². The maximum Gasteiger partial charge on any atom is 0.268 e. The molecule has 2 heterocycles. The van der Waals surface area contributed by atoms with Gasteiger partial charge >= 0.3 is 0 Å². The van der Waals surface area contributed by atoms with Gasteiger partial charge < -0.3 is 4.42 Å². The molecule has 1 fully saturated rings. The zero-order chi connectivity index (χ0) is 25.7. The fourth-order valence-electron chi connectivity index (χ4n) is 4.70. The predicted octanol–water partition coefficient (Wildman–Crippen LogP) is 8.85. The van der Waals surface area contributed by atoms with Gasteiger partial charge in [-0.15, -0.1) is 10.2 Å². The average Bonchev–Trinajstić information content (AvgIpc) is 3.38. The van der Waals surface area contributed by atoms with E-state index in [2.05, 4.69) is 21.7 Å². The van der Waals surface area contributed by atoms with E-state index < -0.39 is 0 Å². The van der Waals surface area contributed by atoms with Crippen LogP contribution in [-0.2, 0) is 11.8 Å². The largest absolute Gasteiger partial charge is 0.418 e. The summed E-state index contributed by atoms with van der Waals surface area (Å²) in [6, 6.07) is 20.8. The van der Waals surface area contributed by atoms with Crippen LogP contribution in [0.15, 0.2) is 71.1 Å². The molecule has 5 nitrogen and oxygen atoms in total. The van der Waals surface area contributed by atoms with E-state index in [9.17, 15) is 0 Å². The van der Waals surface area contributed by atoms with E-state index in [0.29, 0.717) is 49.8 Å². The highest BCUT2D eigenvalue weighted by molar-refractivity contribution is 6.36. The molecule has 37 heavy (non-hydrogen) atoms. The smallest absolute Gasteiger partial charge is 0.268 e. The number of hydrogen-bond donors (Lipinski definition) is 0. The molecular weight excluding hydrogens is 550 g/mol. The van der Waals surface area contributed by atoms with Crippen molar-refractivity contribution in [1.82, 2.24) is 19.7 Å². The fourth-order valence-corrected chi connectivity index (χ4v) is 5.45. The number of aromatic nitrogens is 4. The zero-order valence-electron chi connectivity index (χ0n) is 19.7. The molecule has 186 valence electrons. The number of benzene rings is 3. The second-order valence-electron chi connectivity index (χ2n) is 9.02. The van der Waals surface area contributed by atoms with Crippen molar-refractivity contribution < 1.29 is 4.42 Å². The van der Waals surface area contributed by atoms with Crippen LogP contribution in [0.2, 0.25) is 20.1 Å². The van der Waals surface area contributed by atoms with E-state index in [1.165, 1.54) is 0 Å². The SMILES string of the molecule is CCc1c(-c2nnc(C3(c4ccc(Cl)cc4)CC3)o2)nc(-c2ccc(Cl)cc2Cl)n1-c1ccc(Cl)cc1. The molecule has 0 atom stereocenters. The summed E-state index contributed by atoms with van der Waals surface area (Å²) < 4.78 is 8.38. The Bertz CT molecular complexity index is 1600. The van der Waals surface area contributed by atoms with Crippen LogP contribution < -0.4 is 0 Å². The summed E-state index contributed by atoms with van der Waals surface area (Å²) in [5, 5.41) is 11.3. The van der Waals surface area contributed by atoms with Crippen LogP contribution in [0, 0.1) is 0 Å². The van der Waals surface area contributed by atoms with Gasteiger partial charge in [0, 0.05) is 26.3 Å². The highest BCUT2D eigenvalue weighted by Gasteiger charge is 2.51. The van der Waals surface area contributed by atoms with E-state index >= 15 is 0 Å². The molecule has 6 rings (SSSR count). The van der Waals surface area contributed by atoms with Gasteiger partial charge in [0.2, 0.25) is 5.89 Å². The van der Waals surface area contributed by atoms with Gasteiger partial charge in [0.05, 0.1) is 16.1 Å². The first-order valence-corrected chi connectivity index (χ1v) is 13.3. The van der Waals surface area contributed by atoms with Crippen molar-refractivity contribution in [3.63, 3.8) is 0 Å². The van der Waals surface area contributed by atoms with Gasteiger partial charge in [-0.2, -0.15) is 0 Å². The Hall–Kier alpha value is -2.83. The van der Waals surface area contributed by atoms with Gasteiger partial charge in [-0.05, 0) is 79.4 Å². The molecule has 5 aromatic rings. The molecule has 9 heteroatoms. The van der Waals surface area contributed by atoms with E-state index in [1.807, 2.05) is 54.6 Å². The Morgan fingerprint density at radius 2 is 1.49 bits per heavy atom. The Balaban J connectivity index is 1.51. The van der Waals surface area contributed by atoms with Crippen LogP contribution in [-0.4, -0.2) is 19.7 Å². The van der Waals surface area contributed by atoms with Crippen molar-refractivity contribution in [2.45, 2.75) is 31.6 Å². The molecule has 0 aliphatic heterocycles. The van der Waals surface area contributed by atoms with E-state index in [0.717, 1.165) is 35.3 Å². The first-order chi connectivity index (χ1) is 17.9. The van der Waals surface area contributed by atoms with Gasteiger partial charge in [-0.1, -0.05) is 65.5 Å². The van der Waals surface area contributed by atoms with Gasteiger partial charge in [0.15, 0.2) is 0 Å². The monoisotopic (exact) mass is 568 g/mol. The van der Waals surface area contributed by atoms with Gasteiger partial charge in [-0.25, -0.2) is 4.98 Å². The highest BCUT2D eigenvalue weighted by Crippen LogP contribution is 2.53. The second kappa shape index (κ2) is 9.48. The number of nitrogens with zero attached hydrogens (tertiary/aromatic N) is 4. The molecule has 1 aliphatic carbocycles. The Kier molecular flexibility index (Phi) is 6.28. The summed E-state index contributed by atoms with van der Waals surface area (Å²) in [6.45, 7) is 2.06.